The lowest BCUT2D eigenvalue weighted by Gasteiger charge is -2.28. The van der Waals surface area contributed by atoms with Crippen molar-refractivity contribution in [1.82, 2.24) is 4.57 Å². The van der Waals surface area contributed by atoms with Crippen LogP contribution < -0.4 is 4.90 Å². The highest BCUT2D eigenvalue weighted by molar-refractivity contribution is 6.21. The lowest BCUT2D eigenvalue weighted by Crippen LogP contribution is -2.16. The molecule has 13 rings (SSSR count). The number of hydrogen-bond donors (Lipinski definition) is 0. The molecule has 1 unspecified atom stereocenters. The molecule has 62 heavy (non-hydrogen) atoms. The number of hydrogen-bond acceptors (Lipinski definition) is 3. The van der Waals surface area contributed by atoms with Crippen LogP contribution in [-0.4, -0.2) is 4.57 Å². The molecule has 4 nitrogen and oxygen atoms in total. The molecule has 2 aliphatic rings. The fourth-order valence-electron chi connectivity index (χ4n) is 10.8. The number of rotatable bonds is 5. The van der Waals surface area contributed by atoms with E-state index in [-0.39, 0.29) is 5.41 Å². The molecule has 2 aliphatic carbocycles. The number of nitrogens with zero attached hydrogens (tertiary/aromatic N) is 2. The highest BCUT2D eigenvalue weighted by Crippen LogP contribution is 2.52. The van der Waals surface area contributed by atoms with E-state index in [2.05, 4.69) is 212 Å². The van der Waals surface area contributed by atoms with Gasteiger partial charge in [0.05, 0.1) is 10.9 Å². The first-order valence-corrected chi connectivity index (χ1v) is 21.7. The van der Waals surface area contributed by atoms with Crippen molar-refractivity contribution in [2.75, 3.05) is 4.90 Å². The summed E-state index contributed by atoms with van der Waals surface area (Å²) in [6.07, 6.45) is 5.60. The van der Waals surface area contributed by atoms with Gasteiger partial charge in [0.1, 0.15) is 22.4 Å². The minimum Gasteiger partial charge on any atom is -0.456 e. The first-order valence-electron chi connectivity index (χ1n) is 21.7. The van der Waals surface area contributed by atoms with Crippen LogP contribution in [-0.2, 0) is 5.41 Å². The lowest BCUT2D eigenvalue weighted by molar-refractivity contribution is 0.658. The van der Waals surface area contributed by atoms with Gasteiger partial charge in [0, 0.05) is 61.2 Å². The third-order valence-corrected chi connectivity index (χ3v) is 13.8. The van der Waals surface area contributed by atoms with Gasteiger partial charge in [-0.1, -0.05) is 142 Å². The summed E-state index contributed by atoms with van der Waals surface area (Å²) in [4.78, 5) is 2.40. The Balaban J connectivity index is 1.07. The molecule has 0 bridgehead atoms. The third-order valence-electron chi connectivity index (χ3n) is 13.8. The molecular formula is C58H42N2O2. The van der Waals surface area contributed by atoms with Gasteiger partial charge in [0.25, 0.3) is 0 Å². The average Bonchev–Trinajstić information content (AvgIpc) is 4.03. The molecule has 0 spiro atoms. The van der Waals surface area contributed by atoms with Crippen LogP contribution in [0.15, 0.2) is 185 Å². The summed E-state index contributed by atoms with van der Waals surface area (Å²) in [5, 5.41) is 5.46. The SMILES string of the molecule is CC1CC=Cc2c1n(-c1c3oc4ccc(N(c5ccc(-c6ccccc6)cc5)c5ccc6c(c5)C(C)(C)c5ccccc5-6)cc4c3cc3oc4ccccc4c13)c1ccccc21. The quantitative estimate of drug-likeness (QED) is 0.174. The van der Waals surface area contributed by atoms with E-state index in [1.807, 2.05) is 0 Å². The Labute approximate surface area is 359 Å². The molecule has 0 saturated carbocycles. The predicted octanol–water partition coefficient (Wildman–Crippen LogP) is 16.4. The second-order valence-corrected chi connectivity index (χ2v) is 17.7. The highest BCUT2D eigenvalue weighted by Gasteiger charge is 2.36. The highest BCUT2D eigenvalue weighted by atomic mass is 16.3. The van der Waals surface area contributed by atoms with Gasteiger partial charge in [-0.15, -0.1) is 0 Å². The zero-order valence-corrected chi connectivity index (χ0v) is 34.8. The number of furan rings is 2. The summed E-state index contributed by atoms with van der Waals surface area (Å²) >= 11 is 0. The monoisotopic (exact) mass is 798 g/mol. The van der Waals surface area contributed by atoms with Crippen molar-refractivity contribution in [1.29, 1.82) is 0 Å². The van der Waals surface area contributed by atoms with Gasteiger partial charge in [-0.3, -0.25) is 0 Å². The standard InChI is InChI=1S/C58H42N2O2/c1-35-14-13-20-44-43-18-8-11-22-50(43)60(55(35)44)56-54-45-19-9-12-23-51(45)61-53(54)34-47-46-32-39(29-31-52(46)62-57(47)56)59(38-26-24-37(25-27-38)36-15-5-4-6-16-36)40-28-30-42-41-17-7-10-21-48(41)58(2,3)49(42)33-40/h4-13,15-35H,14H2,1-3H3. The lowest BCUT2D eigenvalue weighted by atomic mass is 9.82. The third kappa shape index (κ3) is 4.95. The minimum absolute atomic E-state index is 0.140. The summed E-state index contributed by atoms with van der Waals surface area (Å²) in [5.74, 6) is 0.314. The molecular weight excluding hydrogens is 757 g/mol. The number of fused-ring (bicyclic) bond motifs is 12. The Bertz CT molecular complexity index is 3650. The van der Waals surface area contributed by atoms with E-state index in [1.165, 1.54) is 55.5 Å². The molecule has 0 aliphatic heterocycles. The Morgan fingerprint density at radius 3 is 2.10 bits per heavy atom. The maximum Gasteiger partial charge on any atom is 0.160 e. The second-order valence-electron chi connectivity index (χ2n) is 17.7. The van der Waals surface area contributed by atoms with E-state index >= 15 is 0 Å². The fourth-order valence-corrected chi connectivity index (χ4v) is 10.8. The van der Waals surface area contributed by atoms with Crippen molar-refractivity contribution in [2.45, 2.75) is 38.5 Å². The topological polar surface area (TPSA) is 34.5 Å². The summed E-state index contributed by atoms with van der Waals surface area (Å²) in [6.45, 7) is 7.04. The predicted molar refractivity (Wildman–Crippen MR) is 258 cm³/mol. The van der Waals surface area contributed by atoms with Crippen LogP contribution >= 0.6 is 0 Å². The number of benzene rings is 8. The summed E-state index contributed by atoms with van der Waals surface area (Å²) < 4.78 is 16.4. The molecule has 0 amide bonds. The second kappa shape index (κ2) is 13.0. The number of para-hydroxylation sites is 2. The van der Waals surface area contributed by atoms with Gasteiger partial charge in [0.15, 0.2) is 5.58 Å². The van der Waals surface area contributed by atoms with E-state index in [0.29, 0.717) is 5.92 Å². The van der Waals surface area contributed by atoms with Crippen LogP contribution in [0.2, 0.25) is 0 Å². The Morgan fingerprint density at radius 1 is 0.548 bits per heavy atom. The van der Waals surface area contributed by atoms with Crippen LogP contribution in [0, 0.1) is 0 Å². The van der Waals surface area contributed by atoms with E-state index in [9.17, 15) is 0 Å². The van der Waals surface area contributed by atoms with Crippen molar-refractivity contribution < 1.29 is 8.83 Å². The zero-order valence-electron chi connectivity index (χ0n) is 34.8. The van der Waals surface area contributed by atoms with Crippen LogP contribution in [0.4, 0.5) is 17.1 Å². The molecule has 3 heterocycles. The summed E-state index contributed by atoms with van der Waals surface area (Å²) in [7, 11) is 0. The maximum atomic E-state index is 7.14. The molecule has 0 saturated heterocycles. The van der Waals surface area contributed by atoms with Crippen LogP contribution in [0.25, 0.3) is 88.8 Å². The molecule has 0 radical (unpaired) electrons. The van der Waals surface area contributed by atoms with Crippen LogP contribution in [0.5, 0.6) is 0 Å². The van der Waals surface area contributed by atoms with Gasteiger partial charge < -0.3 is 18.3 Å². The Morgan fingerprint density at radius 2 is 1.23 bits per heavy atom. The molecule has 3 aromatic heterocycles. The zero-order chi connectivity index (χ0) is 41.3. The summed E-state index contributed by atoms with van der Waals surface area (Å²) in [5.41, 5.74) is 19.0. The molecule has 296 valence electrons. The molecule has 8 aromatic carbocycles. The van der Waals surface area contributed by atoms with Crippen molar-refractivity contribution in [3.63, 3.8) is 0 Å². The average molecular weight is 799 g/mol. The maximum absolute atomic E-state index is 7.14. The molecule has 4 heteroatoms. The molecule has 0 fully saturated rings. The van der Waals surface area contributed by atoms with E-state index in [0.717, 1.165) is 73.0 Å². The van der Waals surface area contributed by atoms with Crippen LogP contribution in [0.3, 0.4) is 0 Å². The number of aromatic nitrogens is 1. The van der Waals surface area contributed by atoms with Gasteiger partial charge >= 0.3 is 0 Å². The van der Waals surface area contributed by atoms with Crippen molar-refractivity contribution in [3.05, 3.63) is 198 Å². The molecule has 0 N–H and O–H groups in total. The van der Waals surface area contributed by atoms with Crippen molar-refractivity contribution in [3.8, 4) is 27.9 Å². The van der Waals surface area contributed by atoms with Crippen molar-refractivity contribution >= 4 is 77.9 Å². The molecule has 11 aromatic rings. The van der Waals surface area contributed by atoms with Gasteiger partial charge in [-0.25, -0.2) is 0 Å². The number of allylic oxidation sites excluding steroid dienone is 1. The van der Waals surface area contributed by atoms with E-state index in [1.54, 1.807) is 0 Å². The summed E-state index contributed by atoms with van der Waals surface area (Å²) in [6, 6.07) is 61.5. The fraction of sp³-hybridized carbons (Fsp3) is 0.103. The normalized spacial score (nSPS) is 15.2. The van der Waals surface area contributed by atoms with Gasteiger partial charge in [-0.05, 0) is 100 Å². The first kappa shape index (κ1) is 35.2. The first-order chi connectivity index (χ1) is 30.4. The van der Waals surface area contributed by atoms with Crippen molar-refractivity contribution in [2.24, 2.45) is 0 Å². The van der Waals surface area contributed by atoms with Crippen LogP contribution in [0.1, 0.15) is 55.5 Å². The van der Waals surface area contributed by atoms with E-state index < -0.39 is 0 Å². The number of anilines is 3. The van der Waals surface area contributed by atoms with E-state index in [4.69, 9.17) is 8.83 Å². The Hall–Kier alpha value is -7.56. The minimum atomic E-state index is -0.140. The molecule has 1 atom stereocenters. The Kier molecular flexibility index (Phi) is 7.37. The van der Waals surface area contributed by atoms with Gasteiger partial charge in [0.2, 0.25) is 0 Å². The largest absolute Gasteiger partial charge is 0.456 e. The smallest absolute Gasteiger partial charge is 0.160 e. The van der Waals surface area contributed by atoms with Gasteiger partial charge in [-0.2, -0.15) is 0 Å².